The molecule has 5 heteroatoms. The van der Waals surface area contributed by atoms with Crippen LogP contribution >= 0.6 is 0 Å². The van der Waals surface area contributed by atoms with Gasteiger partial charge in [0.25, 0.3) is 0 Å². The minimum atomic E-state index is -0.614. The summed E-state index contributed by atoms with van der Waals surface area (Å²) in [5.41, 5.74) is 0. The molecule has 1 aliphatic rings. The highest BCUT2D eigenvalue weighted by atomic mass is 16.7. The lowest BCUT2D eigenvalue weighted by molar-refractivity contribution is -0.187. The third-order valence-corrected chi connectivity index (χ3v) is 1.58. The molecular weight excluding hydrogens is 174 g/mol. The zero-order valence-corrected chi connectivity index (χ0v) is 7.78. The average Bonchev–Trinajstić information content (AvgIpc) is 2.86. The summed E-state index contributed by atoms with van der Waals surface area (Å²) in [4.78, 5) is 26.9. The molecule has 5 nitrogen and oxygen atoms in total. The van der Waals surface area contributed by atoms with Crippen molar-refractivity contribution in [1.29, 1.82) is 0 Å². The number of hydrogen-bond acceptors (Lipinski definition) is 4. The van der Waals surface area contributed by atoms with E-state index in [2.05, 4.69) is 0 Å². The average molecular weight is 187 g/mol. The lowest BCUT2D eigenvalue weighted by Crippen LogP contribution is -2.38. The van der Waals surface area contributed by atoms with Gasteiger partial charge in [0.1, 0.15) is 6.10 Å². The second-order valence-corrected chi connectivity index (χ2v) is 2.80. The number of carbonyl (C=O) groups is 2. The van der Waals surface area contributed by atoms with E-state index in [1.54, 1.807) is 6.92 Å². The SMILES string of the molecule is CCON(CC1CO1)C(=O)C(C)=O. The first-order valence-electron chi connectivity index (χ1n) is 4.22. The molecule has 74 valence electrons. The molecule has 0 aromatic carbocycles. The van der Waals surface area contributed by atoms with Crippen LogP contribution in [0.3, 0.4) is 0 Å². The first kappa shape index (κ1) is 10.1. The molecule has 0 saturated carbocycles. The summed E-state index contributed by atoms with van der Waals surface area (Å²) in [5.74, 6) is -1.13. The van der Waals surface area contributed by atoms with Crippen molar-refractivity contribution in [2.75, 3.05) is 19.8 Å². The van der Waals surface area contributed by atoms with Crippen molar-refractivity contribution >= 4 is 11.7 Å². The van der Waals surface area contributed by atoms with Crippen molar-refractivity contribution in [2.24, 2.45) is 0 Å². The highest BCUT2D eigenvalue weighted by Gasteiger charge is 2.29. The van der Waals surface area contributed by atoms with Crippen LogP contribution in [-0.2, 0) is 19.2 Å². The topological polar surface area (TPSA) is 59.1 Å². The Labute approximate surface area is 76.6 Å². The van der Waals surface area contributed by atoms with Gasteiger partial charge in [-0.2, -0.15) is 0 Å². The highest BCUT2D eigenvalue weighted by molar-refractivity contribution is 6.34. The molecule has 0 N–H and O–H groups in total. The Bertz CT molecular complexity index is 212. The number of carbonyl (C=O) groups excluding carboxylic acids is 2. The van der Waals surface area contributed by atoms with Crippen molar-refractivity contribution in [3.63, 3.8) is 0 Å². The van der Waals surface area contributed by atoms with Crippen LogP contribution in [-0.4, -0.2) is 42.6 Å². The number of rotatable bonds is 5. The van der Waals surface area contributed by atoms with Crippen LogP contribution in [0.15, 0.2) is 0 Å². The second kappa shape index (κ2) is 4.34. The Morgan fingerprint density at radius 2 is 2.23 bits per heavy atom. The van der Waals surface area contributed by atoms with Crippen molar-refractivity contribution in [1.82, 2.24) is 5.06 Å². The van der Waals surface area contributed by atoms with Crippen LogP contribution in [0.2, 0.25) is 0 Å². The highest BCUT2D eigenvalue weighted by Crippen LogP contribution is 2.11. The number of hydroxylamine groups is 2. The van der Waals surface area contributed by atoms with Crippen molar-refractivity contribution in [3.05, 3.63) is 0 Å². The van der Waals surface area contributed by atoms with E-state index in [0.29, 0.717) is 19.8 Å². The summed E-state index contributed by atoms with van der Waals surface area (Å²) in [6, 6.07) is 0. The molecule has 1 rings (SSSR count). The summed E-state index contributed by atoms with van der Waals surface area (Å²) in [6.07, 6.45) is 0.0369. The molecule has 1 fully saturated rings. The summed E-state index contributed by atoms with van der Waals surface area (Å²) >= 11 is 0. The van der Waals surface area contributed by atoms with Gasteiger partial charge in [-0.25, -0.2) is 5.06 Å². The smallest absolute Gasteiger partial charge is 0.313 e. The van der Waals surface area contributed by atoms with E-state index in [1.165, 1.54) is 6.92 Å². The van der Waals surface area contributed by atoms with Crippen LogP contribution in [0.4, 0.5) is 0 Å². The molecule has 0 aliphatic carbocycles. The van der Waals surface area contributed by atoms with E-state index in [-0.39, 0.29) is 6.10 Å². The standard InChI is InChI=1S/C8H13NO4/c1-3-13-9(4-7-5-12-7)8(11)6(2)10/h7H,3-5H2,1-2H3. The fraction of sp³-hybridized carbons (Fsp3) is 0.750. The maximum Gasteiger partial charge on any atom is 0.313 e. The predicted octanol–water partition coefficient (Wildman–Crippen LogP) is -0.246. The molecule has 0 radical (unpaired) electrons. The number of Topliss-reactive ketones (excluding diaryl/α,β-unsaturated/α-hetero) is 1. The summed E-state index contributed by atoms with van der Waals surface area (Å²) in [5, 5.41) is 1.07. The lowest BCUT2D eigenvalue weighted by atomic mass is 10.4. The van der Waals surface area contributed by atoms with Gasteiger partial charge in [-0.3, -0.25) is 14.4 Å². The van der Waals surface area contributed by atoms with E-state index in [9.17, 15) is 9.59 Å². The maximum absolute atomic E-state index is 11.2. The zero-order chi connectivity index (χ0) is 9.84. The van der Waals surface area contributed by atoms with Crippen LogP contribution in [0.5, 0.6) is 0 Å². The predicted molar refractivity (Wildman–Crippen MR) is 43.8 cm³/mol. The third-order valence-electron chi connectivity index (χ3n) is 1.58. The van der Waals surface area contributed by atoms with Gasteiger partial charge in [0.2, 0.25) is 5.78 Å². The van der Waals surface area contributed by atoms with Gasteiger partial charge < -0.3 is 4.74 Å². The minimum Gasteiger partial charge on any atom is -0.371 e. The molecular formula is C8H13NO4. The number of hydrogen-bond donors (Lipinski definition) is 0. The van der Waals surface area contributed by atoms with Crippen LogP contribution in [0, 0.1) is 0 Å². The van der Waals surface area contributed by atoms with Crippen LogP contribution in [0.1, 0.15) is 13.8 Å². The summed E-state index contributed by atoms with van der Waals surface area (Å²) in [6.45, 7) is 4.32. The monoisotopic (exact) mass is 187 g/mol. The molecule has 1 unspecified atom stereocenters. The van der Waals surface area contributed by atoms with Gasteiger partial charge in [0, 0.05) is 6.92 Å². The Hall–Kier alpha value is -0.940. The van der Waals surface area contributed by atoms with E-state index < -0.39 is 11.7 Å². The van der Waals surface area contributed by atoms with E-state index in [1.807, 2.05) is 0 Å². The molecule has 1 heterocycles. The van der Waals surface area contributed by atoms with Gasteiger partial charge in [0.15, 0.2) is 0 Å². The van der Waals surface area contributed by atoms with Crippen molar-refractivity contribution < 1.29 is 19.2 Å². The third kappa shape index (κ3) is 3.12. The molecule has 1 amide bonds. The van der Waals surface area contributed by atoms with Crippen molar-refractivity contribution in [3.8, 4) is 0 Å². The van der Waals surface area contributed by atoms with Gasteiger partial charge in [-0.05, 0) is 6.92 Å². The zero-order valence-electron chi connectivity index (χ0n) is 7.78. The molecule has 1 atom stereocenters. The summed E-state index contributed by atoms with van der Waals surface area (Å²) < 4.78 is 4.93. The second-order valence-electron chi connectivity index (χ2n) is 2.80. The molecule has 0 aromatic heterocycles. The fourth-order valence-corrected chi connectivity index (χ4v) is 0.884. The Morgan fingerprint density at radius 3 is 2.62 bits per heavy atom. The summed E-state index contributed by atoms with van der Waals surface area (Å²) in [7, 11) is 0. The number of nitrogens with zero attached hydrogens (tertiary/aromatic N) is 1. The number of ether oxygens (including phenoxy) is 1. The quantitative estimate of drug-likeness (QED) is 0.338. The first-order valence-corrected chi connectivity index (χ1v) is 4.22. The van der Waals surface area contributed by atoms with Crippen LogP contribution < -0.4 is 0 Å². The van der Waals surface area contributed by atoms with Crippen molar-refractivity contribution in [2.45, 2.75) is 20.0 Å². The van der Waals surface area contributed by atoms with Gasteiger partial charge in [0.05, 0.1) is 19.8 Å². The van der Waals surface area contributed by atoms with E-state index in [4.69, 9.17) is 9.57 Å². The Balaban J connectivity index is 2.43. The molecule has 0 aromatic rings. The largest absolute Gasteiger partial charge is 0.371 e. The van der Waals surface area contributed by atoms with Crippen LogP contribution in [0.25, 0.3) is 0 Å². The van der Waals surface area contributed by atoms with Gasteiger partial charge >= 0.3 is 5.91 Å². The van der Waals surface area contributed by atoms with Gasteiger partial charge in [-0.1, -0.05) is 0 Å². The van der Waals surface area contributed by atoms with Gasteiger partial charge in [-0.15, -0.1) is 0 Å². The molecule has 1 aliphatic heterocycles. The molecule has 13 heavy (non-hydrogen) atoms. The van der Waals surface area contributed by atoms with E-state index >= 15 is 0 Å². The molecule has 0 spiro atoms. The number of ketones is 1. The van der Waals surface area contributed by atoms with E-state index in [0.717, 1.165) is 5.06 Å². The first-order chi connectivity index (χ1) is 6.15. The Kier molecular flexibility index (Phi) is 3.39. The Morgan fingerprint density at radius 1 is 1.62 bits per heavy atom. The molecule has 0 bridgehead atoms. The fourth-order valence-electron chi connectivity index (χ4n) is 0.884. The number of amides is 1. The molecule has 1 saturated heterocycles. The lowest BCUT2D eigenvalue weighted by Gasteiger charge is -2.18. The number of epoxide rings is 1. The maximum atomic E-state index is 11.2. The normalized spacial score (nSPS) is 19.7. The minimum absolute atomic E-state index is 0.0369.